The summed E-state index contributed by atoms with van der Waals surface area (Å²) in [6.07, 6.45) is 1.84. The third-order valence-electron chi connectivity index (χ3n) is 4.27. The summed E-state index contributed by atoms with van der Waals surface area (Å²) in [5.41, 5.74) is 3.68. The highest BCUT2D eigenvalue weighted by Crippen LogP contribution is 2.36. The first-order chi connectivity index (χ1) is 12.3. The molecule has 0 atom stereocenters. The van der Waals surface area contributed by atoms with E-state index in [4.69, 9.17) is 14.0 Å². The minimum absolute atomic E-state index is 0.235. The zero-order chi connectivity index (χ0) is 16.8. The Morgan fingerprint density at radius 3 is 2.84 bits per heavy atom. The van der Waals surface area contributed by atoms with Gasteiger partial charge in [-0.05, 0) is 43.3 Å². The monoisotopic (exact) mass is 334 g/mol. The van der Waals surface area contributed by atoms with Crippen LogP contribution in [-0.4, -0.2) is 26.5 Å². The first-order valence-corrected chi connectivity index (χ1v) is 8.01. The molecule has 2 aromatic carbocycles. The third kappa shape index (κ3) is 2.24. The average Bonchev–Trinajstić information content (AvgIpc) is 3.38. The highest BCUT2D eigenvalue weighted by molar-refractivity contribution is 5.80. The van der Waals surface area contributed by atoms with Crippen molar-refractivity contribution in [3.05, 3.63) is 42.7 Å². The predicted molar refractivity (Wildman–Crippen MR) is 90.3 cm³/mol. The molecule has 1 aliphatic rings. The van der Waals surface area contributed by atoms with Crippen molar-refractivity contribution < 1.29 is 14.0 Å². The molecule has 124 valence electrons. The number of aryl methyl sites for hydroxylation is 1. The van der Waals surface area contributed by atoms with Crippen LogP contribution < -0.4 is 9.47 Å². The van der Waals surface area contributed by atoms with Gasteiger partial charge in [-0.3, -0.25) is 0 Å². The molecule has 25 heavy (non-hydrogen) atoms. The van der Waals surface area contributed by atoms with Gasteiger partial charge in [-0.1, -0.05) is 5.16 Å². The number of nitrogens with zero attached hydrogens (tertiary/aromatic N) is 4. The maximum absolute atomic E-state index is 5.44. The van der Waals surface area contributed by atoms with E-state index < -0.39 is 0 Å². The summed E-state index contributed by atoms with van der Waals surface area (Å²) in [5, 5.41) is 4.12. The summed E-state index contributed by atoms with van der Waals surface area (Å²) in [7, 11) is 0. The molecule has 7 nitrogen and oxygen atoms in total. The molecule has 0 spiro atoms. The molecule has 7 heteroatoms. The second-order valence-corrected chi connectivity index (χ2v) is 5.73. The van der Waals surface area contributed by atoms with E-state index in [0.29, 0.717) is 17.5 Å². The van der Waals surface area contributed by atoms with E-state index in [2.05, 4.69) is 26.6 Å². The highest BCUT2D eigenvalue weighted by atomic mass is 16.7. The van der Waals surface area contributed by atoms with E-state index in [1.54, 1.807) is 0 Å². The molecule has 3 heterocycles. The SMILES string of the molecule is CCn1cnc2ccc(-c3noc(-c4ccc5c(c4)OCO5)n3)cc21. The number of imidazole rings is 1. The second-order valence-electron chi connectivity index (χ2n) is 5.73. The fourth-order valence-electron chi connectivity index (χ4n) is 2.94. The largest absolute Gasteiger partial charge is 0.454 e. The molecule has 5 rings (SSSR count). The third-order valence-corrected chi connectivity index (χ3v) is 4.27. The van der Waals surface area contributed by atoms with Crippen LogP contribution in [0.1, 0.15) is 6.92 Å². The van der Waals surface area contributed by atoms with Gasteiger partial charge in [-0.15, -0.1) is 0 Å². The minimum Gasteiger partial charge on any atom is -0.454 e. The van der Waals surface area contributed by atoms with Crippen molar-refractivity contribution in [1.82, 2.24) is 19.7 Å². The fraction of sp³-hybridized carbons (Fsp3) is 0.167. The first-order valence-electron chi connectivity index (χ1n) is 8.01. The quantitative estimate of drug-likeness (QED) is 0.571. The number of ether oxygens (including phenoxy) is 2. The van der Waals surface area contributed by atoms with E-state index in [1.165, 1.54) is 0 Å². The van der Waals surface area contributed by atoms with Crippen LogP contribution in [0.25, 0.3) is 33.9 Å². The summed E-state index contributed by atoms with van der Waals surface area (Å²) in [6.45, 7) is 3.17. The lowest BCUT2D eigenvalue weighted by molar-refractivity contribution is 0.174. The summed E-state index contributed by atoms with van der Waals surface area (Å²) >= 11 is 0. The van der Waals surface area contributed by atoms with Gasteiger partial charge in [0.05, 0.1) is 17.4 Å². The molecule has 0 amide bonds. The van der Waals surface area contributed by atoms with Crippen LogP contribution in [0.2, 0.25) is 0 Å². The van der Waals surface area contributed by atoms with Crippen molar-refractivity contribution in [3.8, 4) is 34.3 Å². The highest BCUT2D eigenvalue weighted by Gasteiger charge is 2.17. The molecule has 0 saturated heterocycles. The van der Waals surface area contributed by atoms with Crippen LogP contribution >= 0.6 is 0 Å². The predicted octanol–water partition coefficient (Wildman–Crippen LogP) is 3.50. The Labute approximate surface area is 142 Å². The fourth-order valence-corrected chi connectivity index (χ4v) is 2.94. The van der Waals surface area contributed by atoms with Crippen LogP contribution in [-0.2, 0) is 6.54 Å². The topological polar surface area (TPSA) is 75.2 Å². The Bertz CT molecular complexity index is 1080. The lowest BCUT2D eigenvalue weighted by Crippen LogP contribution is -1.92. The minimum atomic E-state index is 0.235. The molecule has 0 bridgehead atoms. The zero-order valence-corrected chi connectivity index (χ0v) is 13.5. The van der Waals surface area contributed by atoms with Crippen molar-refractivity contribution in [2.75, 3.05) is 6.79 Å². The van der Waals surface area contributed by atoms with Gasteiger partial charge in [0.2, 0.25) is 12.6 Å². The number of fused-ring (bicyclic) bond motifs is 2. The average molecular weight is 334 g/mol. The molecule has 4 aromatic rings. The van der Waals surface area contributed by atoms with Gasteiger partial charge >= 0.3 is 0 Å². The van der Waals surface area contributed by atoms with Crippen LogP contribution in [0.4, 0.5) is 0 Å². The summed E-state index contributed by atoms with van der Waals surface area (Å²) in [6, 6.07) is 11.5. The normalized spacial score (nSPS) is 12.8. The van der Waals surface area contributed by atoms with Crippen molar-refractivity contribution in [2.45, 2.75) is 13.5 Å². The first kappa shape index (κ1) is 14.0. The van der Waals surface area contributed by atoms with E-state index in [-0.39, 0.29) is 6.79 Å². The number of benzene rings is 2. The molecule has 1 aliphatic heterocycles. The maximum Gasteiger partial charge on any atom is 0.258 e. The zero-order valence-electron chi connectivity index (χ0n) is 13.5. The lowest BCUT2D eigenvalue weighted by atomic mass is 10.2. The van der Waals surface area contributed by atoms with Gasteiger partial charge < -0.3 is 18.6 Å². The van der Waals surface area contributed by atoms with Crippen molar-refractivity contribution in [2.24, 2.45) is 0 Å². The second kappa shape index (κ2) is 5.34. The smallest absolute Gasteiger partial charge is 0.258 e. The van der Waals surface area contributed by atoms with Gasteiger partial charge in [-0.25, -0.2) is 4.98 Å². The van der Waals surface area contributed by atoms with Crippen molar-refractivity contribution in [1.29, 1.82) is 0 Å². The number of hydrogen-bond donors (Lipinski definition) is 0. The Kier molecular flexibility index (Phi) is 3.00. The Hall–Kier alpha value is -3.35. The summed E-state index contributed by atoms with van der Waals surface area (Å²) in [5.74, 6) is 2.39. The molecular weight excluding hydrogens is 320 g/mol. The molecule has 0 N–H and O–H groups in total. The lowest BCUT2D eigenvalue weighted by Gasteiger charge is -2.00. The standard InChI is InChI=1S/C18H14N4O3/c1-2-22-9-19-13-5-3-11(7-14(13)22)17-20-18(25-21-17)12-4-6-15-16(8-12)24-10-23-15/h3-9H,2,10H2,1H3. The molecule has 0 unspecified atom stereocenters. The van der Waals surface area contributed by atoms with E-state index in [9.17, 15) is 0 Å². The molecule has 0 aliphatic carbocycles. The molecule has 0 saturated carbocycles. The van der Waals surface area contributed by atoms with Gasteiger partial charge in [0, 0.05) is 17.7 Å². The van der Waals surface area contributed by atoms with Gasteiger partial charge in [-0.2, -0.15) is 4.98 Å². The van der Waals surface area contributed by atoms with Crippen LogP contribution in [0.3, 0.4) is 0 Å². The number of aromatic nitrogens is 4. The summed E-state index contributed by atoms with van der Waals surface area (Å²) in [4.78, 5) is 8.90. The van der Waals surface area contributed by atoms with Crippen LogP contribution in [0.5, 0.6) is 11.5 Å². The van der Waals surface area contributed by atoms with Gasteiger partial charge in [0.15, 0.2) is 11.5 Å². The van der Waals surface area contributed by atoms with E-state index in [1.807, 2.05) is 42.7 Å². The van der Waals surface area contributed by atoms with E-state index >= 15 is 0 Å². The summed E-state index contributed by atoms with van der Waals surface area (Å²) < 4.78 is 18.2. The number of hydrogen-bond acceptors (Lipinski definition) is 6. The molecule has 2 aromatic heterocycles. The molecule has 0 radical (unpaired) electrons. The van der Waals surface area contributed by atoms with Crippen molar-refractivity contribution >= 4 is 11.0 Å². The van der Waals surface area contributed by atoms with Crippen LogP contribution in [0, 0.1) is 0 Å². The van der Waals surface area contributed by atoms with Crippen molar-refractivity contribution in [3.63, 3.8) is 0 Å². The Balaban J connectivity index is 1.54. The van der Waals surface area contributed by atoms with Gasteiger partial charge in [0.1, 0.15) is 0 Å². The van der Waals surface area contributed by atoms with Gasteiger partial charge in [0.25, 0.3) is 5.89 Å². The maximum atomic E-state index is 5.44. The Morgan fingerprint density at radius 1 is 1.04 bits per heavy atom. The Morgan fingerprint density at radius 2 is 1.92 bits per heavy atom. The molecular formula is C18H14N4O3. The van der Waals surface area contributed by atoms with Crippen LogP contribution in [0.15, 0.2) is 47.2 Å². The number of rotatable bonds is 3. The van der Waals surface area contributed by atoms with E-state index in [0.717, 1.165) is 34.5 Å². The molecule has 0 fully saturated rings.